The van der Waals surface area contributed by atoms with Gasteiger partial charge in [0.05, 0.1) is 17.7 Å². The number of thioether (sulfide) groups is 1. The van der Waals surface area contributed by atoms with Gasteiger partial charge in [-0.15, -0.1) is 0 Å². The molecule has 0 radical (unpaired) electrons. The van der Waals surface area contributed by atoms with Crippen molar-refractivity contribution in [2.75, 3.05) is 7.11 Å². The summed E-state index contributed by atoms with van der Waals surface area (Å²) in [7, 11) is 1.61. The third-order valence-corrected chi connectivity index (χ3v) is 3.85. The number of aliphatic imine (C=N–C) groups is 1. The molecule has 0 atom stereocenters. The van der Waals surface area contributed by atoms with E-state index in [0.29, 0.717) is 10.1 Å². The zero-order valence-electron chi connectivity index (χ0n) is 11.8. The normalized spacial score (nSPS) is 17.8. The number of aromatic nitrogens is 1. The van der Waals surface area contributed by atoms with E-state index in [2.05, 4.69) is 15.3 Å². The Bertz CT molecular complexity index is 740. The molecule has 5 nitrogen and oxygen atoms in total. The van der Waals surface area contributed by atoms with Gasteiger partial charge in [-0.2, -0.15) is 0 Å². The van der Waals surface area contributed by atoms with Crippen LogP contribution in [0.4, 0.5) is 5.69 Å². The van der Waals surface area contributed by atoms with Crippen LogP contribution in [0, 0.1) is 0 Å². The van der Waals surface area contributed by atoms with Gasteiger partial charge in [-0.1, -0.05) is 6.07 Å². The van der Waals surface area contributed by atoms with Gasteiger partial charge in [0, 0.05) is 12.4 Å². The second kappa shape index (κ2) is 6.44. The number of hydrogen-bond acceptors (Lipinski definition) is 5. The van der Waals surface area contributed by atoms with Crippen molar-refractivity contribution < 1.29 is 9.53 Å². The SMILES string of the molecule is COc1ccc(N=C2NC(=O)/C(=C/c3cccnc3)S2)cc1. The first-order valence-electron chi connectivity index (χ1n) is 6.58. The Labute approximate surface area is 132 Å². The van der Waals surface area contributed by atoms with E-state index in [4.69, 9.17) is 4.74 Å². The average Bonchev–Trinajstić information content (AvgIpc) is 2.88. The van der Waals surface area contributed by atoms with Crippen molar-refractivity contribution in [2.45, 2.75) is 0 Å². The minimum atomic E-state index is -0.152. The number of carbonyl (C=O) groups excluding carboxylic acids is 1. The van der Waals surface area contributed by atoms with Gasteiger partial charge in [-0.3, -0.25) is 9.78 Å². The van der Waals surface area contributed by atoms with Crippen LogP contribution < -0.4 is 10.1 Å². The number of carbonyl (C=O) groups is 1. The van der Waals surface area contributed by atoms with Crippen LogP contribution in [0.5, 0.6) is 5.75 Å². The van der Waals surface area contributed by atoms with E-state index in [9.17, 15) is 4.79 Å². The molecule has 0 spiro atoms. The molecule has 110 valence electrons. The standard InChI is InChI=1S/C16H13N3O2S/c1-21-13-6-4-12(5-7-13)18-16-19-15(20)14(22-16)9-11-3-2-8-17-10-11/h2-10H,1H3,(H,18,19,20)/b14-9-. The molecule has 22 heavy (non-hydrogen) atoms. The van der Waals surface area contributed by atoms with Gasteiger partial charge in [0.2, 0.25) is 0 Å². The highest BCUT2D eigenvalue weighted by Crippen LogP contribution is 2.28. The minimum absolute atomic E-state index is 0.152. The lowest BCUT2D eigenvalue weighted by molar-refractivity contribution is -0.115. The fraction of sp³-hybridized carbons (Fsp3) is 0.0625. The zero-order chi connectivity index (χ0) is 15.4. The molecule has 1 aromatic heterocycles. The molecule has 1 aliphatic rings. The predicted molar refractivity (Wildman–Crippen MR) is 88.0 cm³/mol. The van der Waals surface area contributed by atoms with Crippen LogP contribution in [0.1, 0.15) is 5.56 Å². The summed E-state index contributed by atoms with van der Waals surface area (Å²) in [5.41, 5.74) is 1.64. The second-order valence-corrected chi connectivity index (χ2v) is 5.50. The Morgan fingerprint density at radius 2 is 2.09 bits per heavy atom. The first-order chi connectivity index (χ1) is 10.7. The fourth-order valence-corrected chi connectivity index (χ4v) is 2.71. The lowest BCUT2D eigenvalue weighted by Crippen LogP contribution is -2.19. The molecule has 1 aliphatic heterocycles. The van der Waals surface area contributed by atoms with Crippen molar-refractivity contribution in [1.29, 1.82) is 0 Å². The van der Waals surface area contributed by atoms with E-state index in [1.165, 1.54) is 11.8 Å². The van der Waals surface area contributed by atoms with Gasteiger partial charge in [0.1, 0.15) is 5.75 Å². The number of nitrogens with one attached hydrogen (secondary N) is 1. The molecule has 6 heteroatoms. The summed E-state index contributed by atoms with van der Waals surface area (Å²) >= 11 is 1.31. The first kappa shape index (κ1) is 14.3. The molecule has 0 saturated carbocycles. The van der Waals surface area contributed by atoms with Crippen LogP contribution in [0.15, 0.2) is 58.7 Å². The van der Waals surface area contributed by atoms with Crippen molar-refractivity contribution in [3.05, 3.63) is 59.3 Å². The van der Waals surface area contributed by atoms with Crippen LogP contribution in [0.2, 0.25) is 0 Å². The summed E-state index contributed by atoms with van der Waals surface area (Å²) in [4.78, 5) is 21.0. The minimum Gasteiger partial charge on any atom is -0.497 e. The van der Waals surface area contributed by atoms with Crippen molar-refractivity contribution >= 4 is 34.6 Å². The highest BCUT2D eigenvalue weighted by Gasteiger charge is 2.23. The number of benzene rings is 1. The summed E-state index contributed by atoms with van der Waals surface area (Å²) < 4.78 is 5.10. The predicted octanol–water partition coefficient (Wildman–Crippen LogP) is 2.98. The molecule has 0 unspecified atom stereocenters. The number of ether oxygens (including phenoxy) is 1. The topological polar surface area (TPSA) is 63.6 Å². The van der Waals surface area contributed by atoms with Gasteiger partial charge in [-0.05, 0) is 53.7 Å². The van der Waals surface area contributed by atoms with E-state index in [1.54, 1.807) is 25.6 Å². The fourth-order valence-electron chi connectivity index (χ4n) is 1.87. The number of amidine groups is 1. The summed E-state index contributed by atoms with van der Waals surface area (Å²) in [6.45, 7) is 0. The van der Waals surface area contributed by atoms with Crippen molar-refractivity contribution in [3.63, 3.8) is 0 Å². The molecule has 1 saturated heterocycles. The van der Waals surface area contributed by atoms with E-state index in [-0.39, 0.29) is 5.91 Å². The molecule has 1 amide bonds. The number of hydrogen-bond donors (Lipinski definition) is 1. The molecule has 2 heterocycles. The van der Waals surface area contributed by atoms with Crippen LogP contribution in [0.3, 0.4) is 0 Å². The van der Waals surface area contributed by atoms with Crippen LogP contribution in [0.25, 0.3) is 6.08 Å². The van der Waals surface area contributed by atoms with Crippen LogP contribution in [-0.4, -0.2) is 23.2 Å². The number of nitrogens with zero attached hydrogens (tertiary/aromatic N) is 2. The van der Waals surface area contributed by atoms with Crippen molar-refractivity contribution in [3.8, 4) is 5.75 Å². The van der Waals surface area contributed by atoms with Gasteiger partial charge >= 0.3 is 0 Å². The maximum atomic E-state index is 12.0. The summed E-state index contributed by atoms with van der Waals surface area (Å²) in [5, 5.41) is 3.32. The molecule has 2 aromatic rings. The van der Waals surface area contributed by atoms with Gasteiger partial charge in [0.25, 0.3) is 5.91 Å². The smallest absolute Gasteiger partial charge is 0.264 e. The molecule has 1 N–H and O–H groups in total. The Morgan fingerprint density at radius 1 is 1.27 bits per heavy atom. The zero-order valence-corrected chi connectivity index (χ0v) is 12.6. The van der Waals surface area contributed by atoms with E-state index in [0.717, 1.165) is 17.0 Å². The Hall–Kier alpha value is -2.60. The summed E-state index contributed by atoms with van der Waals surface area (Å²) in [6, 6.07) is 11.0. The molecule has 1 fully saturated rings. The molecule has 0 bridgehead atoms. The second-order valence-electron chi connectivity index (χ2n) is 4.47. The maximum absolute atomic E-state index is 12.0. The van der Waals surface area contributed by atoms with E-state index < -0.39 is 0 Å². The average molecular weight is 311 g/mol. The lowest BCUT2D eigenvalue weighted by Gasteiger charge is -1.99. The van der Waals surface area contributed by atoms with Crippen LogP contribution in [-0.2, 0) is 4.79 Å². The molecule has 1 aromatic carbocycles. The van der Waals surface area contributed by atoms with Gasteiger partial charge < -0.3 is 10.1 Å². The van der Waals surface area contributed by atoms with Crippen molar-refractivity contribution in [2.24, 2.45) is 4.99 Å². The molecular weight excluding hydrogens is 298 g/mol. The number of amides is 1. The highest BCUT2D eigenvalue weighted by molar-refractivity contribution is 8.18. The number of methoxy groups -OCH3 is 1. The third kappa shape index (κ3) is 3.35. The molecular formula is C16H13N3O2S. The lowest BCUT2D eigenvalue weighted by atomic mass is 10.2. The summed E-state index contributed by atoms with van der Waals surface area (Å²) in [5.74, 6) is 0.616. The van der Waals surface area contributed by atoms with E-state index >= 15 is 0 Å². The van der Waals surface area contributed by atoms with Crippen LogP contribution >= 0.6 is 11.8 Å². The number of rotatable bonds is 3. The third-order valence-electron chi connectivity index (χ3n) is 2.94. The molecule has 3 rings (SSSR count). The number of pyridine rings is 1. The highest BCUT2D eigenvalue weighted by atomic mass is 32.2. The van der Waals surface area contributed by atoms with Crippen molar-refractivity contribution in [1.82, 2.24) is 10.3 Å². The maximum Gasteiger partial charge on any atom is 0.264 e. The first-order valence-corrected chi connectivity index (χ1v) is 7.40. The Morgan fingerprint density at radius 3 is 2.77 bits per heavy atom. The Balaban J connectivity index is 1.79. The van der Waals surface area contributed by atoms with Gasteiger partial charge in [0.15, 0.2) is 5.17 Å². The molecule has 0 aliphatic carbocycles. The Kier molecular flexibility index (Phi) is 4.20. The quantitative estimate of drug-likeness (QED) is 0.885. The van der Waals surface area contributed by atoms with E-state index in [1.807, 2.05) is 36.4 Å². The monoisotopic (exact) mass is 311 g/mol. The summed E-state index contributed by atoms with van der Waals surface area (Å²) in [6.07, 6.45) is 5.20. The largest absolute Gasteiger partial charge is 0.497 e. The van der Waals surface area contributed by atoms with Gasteiger partial charge in [-0.25, -0.2) is 4.99 Å².